The maximum atomic E-state index is 13.0. The number of aryl methyl sites for hydroxylation is 1. The highest BCUT2D eigenvalue weighted by atomic mass is 35.5. The fraction of sp³-hybridized carbons (Fsp3) is 0.158. The van der Waals surface area contributed by atoms with Crippen LogP contribution in [0.3, 0.4) is 0 Å². The Bertz CT molecular complexity index is 1080. The molecular formula is C19H17ClFN3O3S2. The van der Waals surface area contributed by atoms with Crippen LogP contribution in [0.2, 0.25) is 5.02 Å². The number of hydrogen-bond donors (Lipinski definition) is 2. The number of nitrogens with zero attached hydrogens (tertiary/aromatic N) is 1. The molecule has 3 aromatic rings. The zero-order chi connectivity index (χ0) is 20.9. The van der Waals surface area contributed by atoms with E-state index in [1.54, 1.807) is 17.5 Å². The minimum absolute atomic E-state index is 0.0581. The molecule has 29 heavy (non-hydrogen) atoms. The van der Waals surface area contributed by atoms with Gasteiger partial charge in [0.15, 0.2) is 5.13 Å². The van der Waals surface area contributed by atoms with Crippen LogP contribution in [0.25, 0.3) is 0 Å². The molecule has 2 N–H and O–H groups in total. The standard InChI is InChI=1S/C19H17ClFN3O3S2/c20-14-3-1-13(2-4-14)11-22-18(25)10-7-16-12-28-19(23-16)24-29(26,27)17-8-5-15(21)6-9-17/h1-6,8-9,12H,7,10-11H2,(H,22,25)(H,23,24). The number of carbonyl (C=O) groups excluding carboxylic acids is 1. The molecule has 0 radical (unpaired) electrons. The van der Waals surface area contributed by atoms with Crippen molar-refractivity contribution in [1.82, 2.24) is 10.3 Å². The fourth-order valence-electron chi connectivity index (χ4n) is 2.39. The van der Waals surface area contributed by atoms with E-state index >= 15 is 0 Å². The minimum atomic E-state index is -3.85. The minimum Gasteiger partial charge on any atom is -0.352 e. The van der Waals surface area contributed by atoms with Crippen LogP contribution < -0.4 is 10.0 Å². The number of hydrogen-bond acceptors (Lipinski definition) is 5. The van der Waals surface area contributed by atoms with Crippen molar-refractivity contribution in [3.63, 3.8) is 0 Å². The Morgan fingerprint density at radius 3 is 2.48 bits per heavy atom. The Labute approximate surface area is 176 Å². The maximum absolute atomic E-state index is 13.0. The lowest BCUT2D eigenvalue weighted by Gasteiger charge is -2.05. The predicted octanol–water partition coefficient (Wildman–Crippen LogP) is 3.99. The largest absolute Gasteiger partial charge is 0.352 e. The van der Waals surface area contributed by atoms with Crippen molar-refractivity contribution in [3.8, 4) is 0 Å². The van der Waals surface area contributed by atoms with E-state index in [9.17, 15) is 17.6 Å². The van der Waals surface area contributed by atoms with Gasteiger partial charge in [-0.15, -0.1) is 11.3 Å². The van der Waals surface area contributed by atoms with Crippen molar-refractivity contribution in [3.05, 3.63) is 76.0 Å². The van der Waals surface area contributed by atoms with Gasteiger partial charge in [0.1, 0.15) is 5.82 Å². The second-order valence-corrected chi connectivity index (χ2v) is 9.08. The molecule has 10 heteroatoms. The molecule has 0 aliphatic rings. The third kappa shape index (κ3) is 6.25. The summed E-state index contributed by atoms with van der Waals surface area (Å²) in [6, 6.07) is 11.7. The topological polar surface area (TPSA) is 88.2 Å². The summed E-state index contributed by atoms with van der Waals surface area (Å²) in [7, 11) is -3.85. The van der Waals surface area contributed by atoms with Gasteiger partial charge in [0.25, 0.3) is 10.0 Å². The lowest BCUT2D eigenvalue weighted by Crippen LogP contribution is -2.23. The summed E-state index contributed by atoms with van der Waals surface area (Å²) in [5.41, 5.74) is 1.54. The van der Waals surface area contributed by atoms with Gasteiger partial charge in [-0.25, -0.2) is 17.8 Å². The molecule has 0 fully saturated rings. The number of thiazole rings is 1. The highest BCUT2D eigenvalue weighted by Crippen LogP contribution is 2.21. The van der Waals surface area contributed by atoms with Crippen molar-refractivity contribution < 1.29 is 17.6 Å². The molecule has 1 heterocycles. The molecular weight excluding hydrogens is 437 g/mol. The summed E-state index contributed by atoms with van der Waals surface area (Å²) in [5, 5.41) is 5.32. The monoisotopic (exact) mass is 453 g/mol. The van der Waals surface area contributed by atoms with Gasteiger partial charge in [0.05, 0.1) is 10.6 Å². The summed E-state index contributed by atoms with van der Waals surface area (Å²) in [6.45, 7) is 0.399. The van der Waals surface area contributed by atoms with Crippen molar-refractivity contribution in [2.45, 2.75) is 24.3 Å². The first-order valence-corrected chi connectivity index (χ1v) is 11.3. The van der Waals surface area contributed by atoms with Crippen molar-refractivity contribution in [2.24, 2.45) is 0 Å². The van der Waals surface area contributed by atoms with Gasteiger partial charge >= 0.3 is 0 Å². The van der Waals surface area contributed by atoms with E-state index in [0.29, 0.717) is 23.7 Å². The molecule has 0 bridgehead atoms. The molecule has 0 unspecified atom stereocenters. The molecule has 1 aromatic heterocycles. The number of sulfonamides is 1. The van der Waals surface area contributed by atoms with E-state index in [1.807, 2.05) is 12.1 Å². The molecule has 1 amide bonds. The highest BCUT2D eigenvalue weighted by Gasteiger charge is 2.16. The first-order chi connectivity index (χ1) is 13.8. The van der Waals surface area contributed by atoms with E-state index < -0.39 is 15.8 Å². The first-order valence-electron chi connectivity index (χ1n) is 8.56. The average Bonchev–Trinajstić information content (AvgIpc) is 3.13. The average molecular weight is 454 g/mol. The van der Waals surface area contributed by atoms with Gasteiger partial charge in [-0.2, -0.15) is 0 Å². The molecule has 0 saturated carbocycles. The number of benzene rings is 2. The molecule has 3 rings (SSSR count). The van der Waals surface area contributed by atoms with Crippen LogP contribution in [0.4, 0.5) is 9.52 Å². The van der Waals surface area contributed by atoms with E-state index in [0.717, 1.165) is 29.0 Å². The quantitative estimate of drug-likeness (QED) is 0.540. The van der Waals surface area contributed by atoms with Crippen LogP contribution >= 0.6 is 22.9 Å². The normalized spacial score (nSPS) is 11.2. The van der Waals surface area contributed by atoms with Crippen LogP contribution in [-0.4, -0.2) is 19.3 Å². The fourth-order valence-corrected chi connectivity index (χ4v) is 4.51. The number of halogens is 2. The summed E-state index contributed by atoms with van der Waals surface area (Å²) in [4.78, 5) is 16.1. The third-order valence-corrected chi connectivity index (χ3v) is 6.45. The van der Waals surface area contributed by atoms with E-state index in [1.165, 1.54) is 12.1 Å². The van der Waals surface area contributed by atoms with E-state index in [2.05, 4.69) is 15.0 Å². The third-order valence-electron chi connectivity index (χ3n) is 3.91. The molecule has 0 saturated heterocycles. The molecule has 0 aliphatic heterocycles. The Hall–Kier alpha value is -2.49. The number of aromatic nitrogens is 1. The maximum Gasteiger partial charge on any atom is 0.263 e. The second-order valence-electron chi connectivity index (χ2n) is 6.11. The van der Waals surface area contributed by atoms with Crippen LogP contribution in [0, 0.1) is 5.82 Å². The summed E-state index contributed by atoms with van der Waals surface area (Å²) in [5.74, 6) is -0.656. The lowest BCUT2D eigenvalue weighted by molar-refractivity contribution is -0.121. The molecule has 0 aliphatic carbocycles. The molecule has 152 valence electrons. The molecule has 0 spiro atoms. The predicted molar refractivity (Wildman–Crippen MR) is 111 cm³/mol. The van der Waals surface area contributed by atoms with E-state index in [-0.39, 0.29) is 22.4 Å². The number of anilines is 1. The second kappa shape index (κ2) is 9.34. The zero-order valence-electron chi connectivity index (χ0n) is 15.1. The number of amides is 1. The molecule has 0 atom stereocenters. The summed E-state index contributed by atoms with van der Waals surface area (Å²) >= 11 is 6.94. The van der Waals surface area contributed by atoms with E-state index in [4.69, 9.17) is 11.6 Å². The van der Waals surface area contributed by atoms with Crippen LogP contribution in [0.5, 0.6) is 0 Å². The molecule has 6 nitrogen and oxygen atoms in total. The van der Waals surface area contributed by atoms with Crippen molar-refractivity contribution in [2.75, 3.05) is 4.72 Å². The van der Waals surface area contributed by atoms with Gasteiger partial charge in [0.2, 0.25) is 5.91 Å². The Morgan fingerprint density at radius 2 is 1.79 bits per heavy atom. The van der Waals surface area contributed by atoms with Crippen LogP contribution in [-0.2, 0) is 27.8 Å². The Morgan fingerprint density at radius 1 is 1.10 bits per heavy atom. The van der Waals surface area contributed by atoms with Crippen molar-refractivity contribution in [1.29, 1.82) is 0 Å². The van der Waals surface area contributed by atoms with Gasteiger partial charge in [0, 0.05) is 23.4 Å². The van der Waals surface area contributed by atoms with Gasteiger partial charge in [-0.3, -0.25) is 9.52 Å². The van der Waals surface area contributed by atoms with Gasteiger partial charge < -0.3 is 5.32 Å². The smallest absolute Gasteiger partial charge is 0.263 e. The van der Waals surface area contributed by atoms with Gasteiger partial charge in [-0.1, -0.05) is 23.7 Å². The summed E-state index contributed by atoms with van der Waals surface area (Å²) in [6.07, 6.45) is 0.600. The van der Waals surface area contributed by atoms with Crippen LogP contribution in [0.15, 0.2) is 58.8 Å². The van der Waals surface area contributed by atoms with Crippen molar-refractivity contribution >= 4 is 44.0 Å². The Balaban J connectivity index is 1.50. The highest BCUT2D eigenvalue weighted by molar-refractivity contribution is 7.93. The first kappa shape index (κ1) is 21.2. The number of rotatable bonds is 8. The SMILES string of the molecule is O=C(CCc1csc(NS(=O)(=O)c2ccc(F)cc2)n1)NCc1ccc(Cl)cc1. The Kier molecular flexibility index (Phi) is 6.83. The number of carbonyl (C=O) groups is 1. The summed E-state index contributed by atoms with van der Waals surface area (Å²) < 4.78 is 39.9. The van der Waals surface area contributed by atoms with Crippen LogP contribution in [0.1, 0.15) is 17.7 Å². The molecule has 2 aromatic carbocycles. The zero-order valence-corrected chi connectivity index (χ0v) is 17.5. The lowest BCUT2D eigenvalue weighted by atomic mass is 10.2. The number of nitrogens with one attached hydrogen (secondary N) is 2. The van der Waals surface area contributed by atoms with Gasteiger partial charge in [-0.05, 0) is 48.4 Å².